The van der Waals surface area contributed by atoms with Gasteiger partial charge in [0.2, 0.25) is 0 Å². The van der Waals surface area contributed by atoms with Crippen molar-refractivity contribution in [3.8, 4) is 0 Å². The van der Waals surface area contributed by atoms with Gasteiger partial charge in [0.15, 0.2) is 0 Å². The zero-order valence-corrected chi connectivity index (χ0v) is 7.05. The molecule has 2 rings (SSSR count). The summed E-state index contributed by atoms with van der Waals surface area (Å²) in [5, 5.41) is 4.12. The summed E-state index contributed by atoms with van der Waals surface area (Å²) in [6, 6.07) is 1.84. The molecule has 1 saturated heterocycles. The van der Waals surface area contributed by atoms with E-state index in [0.29, 0.717) is 5.82 Å². The van der Waals surface area contributed by atoms with E-state index in [1.807, 2.05) is 28.7 Å². The number of thioether (sulfide) groups is 1. The van der Waals surface area contributed by atoms with Crippen LogP contribution in [-0.2, 0) is 6.54 Å². The molecule has 0 radical (unpaired) electrons. The van der Waals surface area contributed by atoms with E-state index in [4.69, 9.17) is 5.73 Å². The molecule has 11 heavy (non-hydrogen) atoms. The third kappa shape index (κ3) is 1.50. The summed E-state index contributed by atoms with van der Waals surface area (Å²) in [7, 11) is 0. The van der Waals surface area contributed by atoms with Crippen LogP contribution in [0, 0.1) is 5.92 Å². The lowest BCUT2D eigenvalue weighted by atomic mass is 10.2. The molecule has 0 saturated carbocycles. The van der Waals surface area contributed by atoms with Crippen molar-refractivity contribution >= 4 is 17.6 Å². The maximum absolute atomic E-state index is 5.48. The molecule has 1 fully saturated rings. The van der Waals surface area contributed by atoms with Gasteiger partial charge in [0.25, 0.3) is 0 Å². The SMILES string of the molecule is Nc1ccn(CC2CSC2)n1. The van der Waals surface area contributed by atoms with Gasteiger partial charge in [-0.3, -0.25) is 4.68 Å². The molecule has 4 heteroatoms. The standard InChI is InChI=1S/C7H11N3S/c8-7-1-2-10(9-7)3-6-4-11-5-6/h1-2,6H,3-5H2,(H2,8,9). The largest absolute Gasteiger partial charge is 0.382 e. The van der Waals surface area contributed by atoms with Crippen LogP contribution in [0.15, 0.2) is 12.3 Å². The van der Waals surface area contributed by atoms with Gasteiger partial charge in [-0.1, -0.05) is 0 Å². The van der Waals surface area contributed by atoms with Crippen LogP contribution >= 0.6 is 11.8 Å². The maximum Gasteiger partial charge on any atom is 0.145 e. The molecule has 1 aromatic heterocycles. The smallest absolute Gasteiger partial charge is 0.145 e. The van der Waals surface area contributed by atoms with E-state index in [9.17, 15) is 0 Å². The lowest BCUT2D eigenvalue weighted by Gasteiger charge is -2.24. The zero-order valence-electron chi connectivity index (χ0n) is 6.23. The summed E-state index contributed by atoms with van der Waals surface area (Å²) in [6.07, 6.45) is 1.94. The minimum Gasteiger partial charge on any atom is -0.382 e. The second-order valence-corrected chi connectivity index (χ2v) is 3.94. The van der Waals surface area contributed by atoms with Gasteiger partial charge in [0.05, 0.1) is 0 Å². The van der Waals surface area contributed by atoms with Crippen molar-refractivity contribution in [2.45, 2.75) is 6.54 Å². The second-order valence-electron chi connectivity index (χ2n) is 2.87. The highest BCUT2D eigenvalue weighted by Gasteiger charge is 2.18. The number of nitrogen functional groups attached to an aromatic ring is 1. The molecular formula is C7H11N3S. The predicted octanol–water partition coefficient (Wildman–Crippen LogP) is 0.828. The summed E-state index contributed by atoms with van der Waals surface area (Å²) in [5.74, 6) is 4.00. The Balaban J connectivity index is 1.95. The number of anilines is 1. The molecule has 2 N–H and O–H groups in total. The van der Waals surface area contributed by atoms with Crippen molar-refractivity contribution in [1.82, 2.24) is 9.78 Å². The van der Waals surface area contributed by atoms with Crippen LogP contribution in [0.3, 0.4) is 0 Å². The number of nitrogens with zero attached hydrogens (tertiary/aromatic N) is 2. The first-order chi connectivity index (χ1) is 5.34. The van der Waals surface area contributed by atoms with Gasteiger partial charge in [-0.05, 0) is 23.5 Å². The highest BCUT2D eigenvalue weighted by Crippen LogP contribution is 2.25. The Morgan fingerprint density at radius 1 is 1.73 bits per heavy atom. The highest BCUT2D eigenvalue weighted by atomic mass is 32.2. The first kappa shape index (κ1) is 7.03. The van der Waals surface area contributed by atoms with Crippen molar-refractivity contribution in [3.63, 3.8) is 0 Å². The fourth-order valence-corrected chi connectivity index (χ4v) is 1.91. The minimum absolute atomic E-state index is 0.622. The highest BCUT2D eigenvalue weighted by molar-refractivity contribution is 8.00. The number of nitrogens with two attached hydrogens (primary N) is 1. The van der Waals surface area contributed by atoms with E-state index in [0.717, 1.165) is 12.5 Å². The van der Waals surface area contributed by atoms with E-state index < -0.39 is 0 Å². The molecule has 0 aliphatic carbocycles. The van der Waals surface area contributed by atoms with Gasteiger partial charge in [0.1, 0.15) is 5.82 Å². The average molecular weight is 169 g/mol. The van der Waals surface area contributed by atoms with E-state index in [1.165, 1.54) is 11.5 Å². The van der Waals surface area contributed by atoms with Crippen molar-refractivity contribution in [3.05, 3.63) is 12.3 Å². The molecule has 1 aliphatic heterocycles. The van der Waals surface area contributed by atoms with E-state index in [-0.39, 0.29) is 0 Å². The van der Waals surface area contributed by atoms with Gasteiger partial charge in [-0.2, -0.15) is 16.9 Å². The summed E-state index contributed by atoms with van der Waals surface area (Å²) in [6.45, 7) is 1.03. The van der Waals surface area contributed by atoms with Gasteiger partial charge in [-0.15, -0.1) is 0 Å². The van der Waals surface area contributed by atoms with E-state index >= 15 is 0 Å². The number of hydrogen-bond acceptors (Lipinski definition) is 3. The van der Waals surface area contributed by atoms with Gasteiger partial charge >= 0.3 is 0 Å². The van der Waals surface area contributed by atoms with Crippen molar-refractivity contribution in [2.24, 2.45) is 5.92 Å². The minimum atomic E-state index is 0.622. The number of rotatable bonds is 2. The summed E-state index contributed by atoms with van der Waals surface area (Å²) in [4.78, 5) is 0. The quantitative estimate of drug-likeness (QED) is 0.713. The fourth-order valence-electron chi connectivity index (χ4n) is 1.13. The van der Waals surface area contributed by atoms with Crippen LogP contribution in [0.1, 0.15) is 0 Å². The van der Waals surface area contributed by atoms with E-state index in [1.54, 1.807) is 0 Å². The molecule has 0 spiro atoms. The molecule has 2 heterocycles. The molecular weight excluding hydrogens is 158 g/mol. The fraction of sp³-hybridized carbons (Fsp3) is 0.571. The Kier molecular flexibility index (Phi) is 1.77. The van der Waals surface area contributed by atoms with Crippen LogP contribution in [0.2, 0.25) is 0 Å². The third-order valence-electron chi connectivity index (χ3n) is 1.81. The molecule has 0 bridgehead atoms. The Bertz CT molecular complexity index is 242. The molecule has 0 amide bonds. The average Bonchev–Trinajstić information content (AvgIpc) is 2.27. The van der Waals surface area contributed by atoms with Gasteiger partial charge < -0.3 is 5.73 Å². The molecule has 0 unspecified atom stereocenters. The molecule has 60 valence electrons. The Morgan fingerprint density at radius 3 is 3.00 bits per heavy atom. The monoisotopic (exact) mass is 169 g/mol. The summed E-state index contributed by atoms with van der Waals surface area (Å²) >= 11 is 2.00. The topological polar surface area (TPSA) is 43.8 Å². The van der Waals surface area contributed by atoms with Gasteiger partial charge in [0, 0.05) is 12.7 Å². The maximum atomic E-state index is 5.48. The Hall–Kier alpha value is -0.640. The molecule has 1 aromatic rings. The first-order valence-corrected chi connectivity index (χ1v) is 4.87. The summed E-state index contributed by atoms with van der Waals surface area (Å²) in [5.41, 5.74) is 5.48. The normalized spacial score (nSPS) is 18.2. The lowest BCUT2D eigenvalue weighted by Crippen LogP contribution is -2.23. The molecule has 0 aromatic carbocycles. The first-order valence-electron chi connectivity index (χ1n) is 3.71. The number of hydrogen-bond donors (Lipinski definition) is 1. The second kappa shape index (κ2) is 2.77. The van der Waals surface area contributed by atoms with Crippen molar-refractivity contribution in [1.29, 1.82) is 0 Å². The summed E-state index contributed by atoms with van der Waals surface area (Å²) < 4.78 is 1.93. The van der Waals surface area contributed by atoms with E-state index in [2.05, 4.69) is 5.10 Å². The van der Waals surface area contributed by atoms with Crippen molar-refractivity contribution in [2.75, 3.05) is 17.2 Å². The van der Waals surface area contributed by atoms with Crippen molar-refractivity contribution < 1.29 is 0 Å². The Labute approximate surface area is 70.0 Å². The molecule has 1 aliphatic rings. The molecule has 0 atom stereocenters. The number of aromatic nitrogens is 2. The van der Waals surface area contributed by atoms with Crippen LogP contribution in [0.25, 0.3) is 0 Å². The predicted molar refractivity (Wildman–Crippen MR) is 47.5 cm³/mol. The zero-order chi connectivity index (χ0) is 7.68. The van der Waals surface area contributed by atoms with Crippen LogP contribution < -0.4 is 5.73 Å². The lowest BCUT2D eigenvalue weighted by molar-refractivity contribution is 0.480. The van der Waals surface area contributed by atoms with Crippen LogP contribution in [0.4, 0.5) is 5.82 Å². The van der Waals surface area contributed by atoms with Crippen LogP contribution in [0.5, 0.6) is 0 Å². The third-order valence-corrected chi connectivity index (χ3v) is 3.23. The molecule has 3 nitrogen and oxygen atoms in total. The van der Waals surface area contributed by atoms with Crippen LogP contribution in [-0.4, -0.2) is 21.3 Å². The Morgan fingerprint density at radius 2 is 2.55 bits per heavy atom. The van der Waals surface area contributed by atoms with Gasteiger partial charge in [-0.25, -0.2) is 0 Å².